The zero-order valence-electron chi connectivity index (χ0n) is 7.72. The Morgan fingerprint density at radius 2 is 1.82 bits per heavy atom. The lowest BCUT2D eigenvalue weighted by Gasteiger charge is -2.12. The molecular weight excluding hydrogens is 302 g/mol. The average Bonchev–Trinajstić information content (AvgIpc) is 2.12. The molecule has 0 heterocycles. The van der Waals surface area contributed by atoms with Crippen LogP contribution >= 0.6 is 22.3 Å². The highest BCUT2D eigenvalue weighted by Gasteiger charge is 2.38. The van der Waals surface area contributed by atoms with Gasteiger partial charge >= 0.3 is 6.18 Å². The van der Waals surface area contributed by atoms with E-state index in [2.05, 4.69) is 0 Å². The standard InChI is InChI=1S/C8H2Cl2F3NO2S/c9-6-2-4(3-14)1-5(8(11,12)13)7(6)17(10,15)16/h1-2H. The number of halogens is 5. The van der Waals surface area contributed by atoms with Gasteiger partial charge in [0.1, 0.15) is 4.90 Å². The van der Waals surface area contributed by atoms with Crippen molar-refractivity contribution in [2.45, 2.75) is 11.1 Å². The van der Waals surface area contributed by atoms with E-state index in [0.717, 1.165) is 6.07 Å². The van der Waals surface area contributed by atoms with Crippen molar-refractivity contribution in [2.24, 2.45) is 0 Å². The van der Waals surface area contributed by atoms with Gasteiger partial charge in [-0.15, -0.1) is 0 Å². The minimum atomic E-state index is -4.98. The molecule has 3 nitrogen and oxygen atoms in total. The van der Waals surface area contributed by atoms with E-state index < -0.39 is 36.3 Å². The van der Waals surface area contributed by atoms with Crippen LogP contribution in [0, 0.1) is 11.3 Å². The lowest BCUT2D eigenvalue weighted by atomic mass is 10.1. The van der Waals surface area contributed by atoms with E-state index in [4.69, 9.17) is 27.5 Å². The van der Waals surface area contributed by atoms with Crippen molar-refractivity contribution in [1.82, 2.24) is 0 Å². The first-order valence-electron chi connectivity index (χ1n) is 3.83. The van der Waals surface area contributed by atoms with Crippen LogP contribution in [0.2, 0.25) is 5.02 Å². The van der Waals surface area contributed by atoms with Crippen molar-refractivity contribution in [3.8, 4) is 6.07 Å². The molecule has 0 aliphatic heterocycles. The number of alkyl halides is 3. The summed E-state index contributed by atoms with van der Waals surface area (Å²) >= 11 is 5.39. The summed E-state index contributed by atoms with van der Waals surface area (Å²) < 4.78 is 59.8. The summed E-state index contributed by atoms with van der Waals surface area (Å²) in [4.78, 5) is -1.24. The van der Waals surface area contributed by atoms with Crippen LogP contribution in [0.4, 0.5) is 13.2 Å². The zero-order chi connectivity index (χ0) is 13.4. The fraction of sp³-hybridized carbons (Fsp3) is 0.125. The lowest BCUT2D eigenvalue weighted by Crippen LogP contribution is -2.11. The molecule has 0 unspecified atom stereocenters. The summed E-state index contributed by atoms with van der Waals surface area (Å²) in [6.07, 6.45) is -4.98. The summed E-state index contributed by atoms with van der Waals surface area (Å²) in [5, 5.41) is 7.74. The summed E-state index contributed by atoms with van der Waals surface area (Å²) in [5.74, 6) is 0. The molecule has 0 atom stereocenters. The predicted octanol–water partition coefficient (Wildman–Crippen LogP) is 3.16. The Balaban J connectivity index is 3.78. The Bertz CT molecular complexity index is 604. The van der Waals surface area contributed by atoms with Crippen molar-refractivity contribution in [2.75, 3.05) is 0 Å². The number of benzene rings is 1. The molecule has 0 bridgehead atoms. The van der Waals surface area contributed by atoms with Gasteiger partial charge in [-0.1, -0.05) is 11.6 Å². The largest absolute Gasteiger partial charge is 0.417 e. The normalized spacial score (nSPS) is 12.2. The molecule has 0 radical (unpaired) electrons. The molecule has 0 aromatic heterocycles. The van der Waals surface area contributed by atoms with Crippen molar-refractivity contribution >= 4 is 31.3 Å². The van der Waals surface area contributed by atoms with Crippen LogP contribution in [-0.2, 0) is 15.2 Å². The summed E-state index contributed by atoms with van der Waals surface area (Å²) in [7, 11) is 0.214. The maximum absolute atomic E-state index is 12.6. The van der Waals surface area contributed by atoms with Crippen LogP contribution < -0.4 is 0 Å². The second kappa shape index (κ2) is 4.37. The Morgan fingerprint density at radius 1 is 1.29 bits per heavy atom. The first kappa shape index (κ1) is 14.1. The maximum atomic E-state index is 12.6. The van der Waals surface area contributed by atoms with E-state index >= 15 is 0 Å². The molecule has 0 aliphatic carbocycles. The highest BCUT2D eigenvalue weighted by molar-refractivity contribution is 8.13. The molecule has 17 heavy (non-hydrogen) atoms. The van der Waals surface area contributed by atoms with Crippen molar-refractivity contribution in [1.29, 1.82) is 5.26 Å². The number of rotatable bonds is 1. The topological polar surface area (TPSA) is 57.9 Å². The molecule has 0 N–H and O–H groups in total. The van der Waals surface area contributed by atoms with Crippen LogP contribution in [-0.4, -0.2) is 8.42 Å². The SMILES string of the molecule is N#Cc1cc(Cl)c(S(=O)(=O)Cl)c(C(F)(F)F)c1. The van der Waals surface area contributed by atoms with Crippen LogP contribution in [0.25, 0.3) is 0 Å². The van der Waals surface area contributed by atoms with Gasteiger partial charge in [-0.2, -0.15) is 18.4 Å². The molecule has 92 valence electrons. The van der Waals surface area contributed by atoms with Gasteiger partial charge in [-0.05, 0) is 12.1 Å². The molecular formula is C8H2Cl2F3NO2S. The van der Waals surface area contributed by atoms with Crippen molar-refractivity contribution in [3.05, 3.63) is 28.3 Å². The molecule has 1 aromatic rings. The van der Waals surface area contributed by atoms with E-state index in [1.54, 1.807) is 0 Å². The monoisotopic (exact) mass is 303 g/mol. The van der Waals surface area contributed by atoms with Crippen LogP contribution in [0.1, 0.15) is 11.1 Å². The van der Waals surface area contributed by atoms with Gasteiger partial charge in [0, 0.05) is 10.7 Å². The van der Waals surface area contributed by atoms with Crippen molar-refractivity contribution in [3.63, 3.8) is 0 Å². The van der Waals surface area contributed by atoms with E-state index in [1.807, 2.05) is 0 Å². The lowest BCUT2D eigenvalue weighted by molar-refractivity contribution is -0.139. The molecule has 1 rings (SSSR count). The zero-order valence-corrected chi connectivity index (χ0v) is 10.0. The van der Waals surface area contributed by atoms with Gasteiger partial charge in [0.2, 0.25) is 0 Å². The molecule has 9 heteroatoms. The first-order chi connectivity index (χ1) is 7.57. The van der Waals surface area contributed by atoms with Gasteiger partial charge in [0.05, 0.1) is 22.2 Å². The van der Waals surface area contributed by atoms with E-state index in [9.17, 15) is 21.6 Å². The van der Waals surface area contributed by atoms with E-state index in [1.165, 1.54) is 6.07 Å². The highest BCUT2D eigenvalue weighted by Crippen LogP contribution is 2.39. The Kier molecular flexibility index (Phi) is 3.62. The van der Waals surface area contributed by atoms with Gasteiger partial charge in [0.15, 0.2) is 0 Å². The number of hydrogen-bond acceptors (Lipinski definition) is 3. The van der Waals surface area contributed by atoms with Crippen LogP contribution in [0.15, 0.2) is 17.0 Å². The molecule has 0 aliphatic rings. The summed E-state index contributed by atoms with van der Waals surface area (Å²) in [6.45, 7) is 0. The van der Waals surface area contributed by atoms with E-state index in [0.29, 0.717) is 6.07 Å². The Morgan fingerprint density at radius 3 is 2.18 bits per heavy atom. The maximum Gasteiger partial charge on any atom is 0.417 e. The minimum Gasteiger partial charge on any atom is -0.207 e. The predicted molar refractivity (Wildman–Crippen MR) is 54.2 cm³/mol. The smallest absolute Gasteiger partial charge is 0.207 e. The number of hydrogen-bond donors (Lipinski definition) is 0. The minimum absolute atomic E-state index is 0.376. The third kappa shape index (κ3) is 3.03. The van der Waals surface area contributed by atoms with Gasteiger partial charge in [-0.25, -0.2) is 8.42 Å². The molecule has 0 spiro atoms. The first-order valence-corrected chi connectivity index (χ1v) is 6.51. The summed E-state index contributed by atoms with van der Waals surface area (Å²) in [5.41, 5.74) is -1.97. The number of nitrogens with zero attached hydrogens (tertiary/aromatic N) is 1. The third-order valence-corrected chi connectivity index (χ3v) is 3.52. The highest BCUT2D eigenvalue weighted by atomic mass is 35.7. The second-order valence-corrected chi connectivity index (χ2v) is 5.79. The molecule has 1 aromatic carbocycles. The quantitative estimate of drug-likeness (QED) is 0.749. The molecule has 0 amide bonds. The third-order valence-electron chi connectivity index (χ3n) is 1.72. The molecule has 0 fully saturated rings. The van der Waals surface area contributed by atoms with Gasteiger partial charge < -0.3 is 0 Å². The Hall–Kier alpha value is -0.970. The van der Waals surface area contributed by atoms with Gasteiger partial charge in [0.25, 0.3) is 9.05 Å². The number of nitriles is 1. The van der Waals surface area contributed by atoms with Crippen molar-refractivity contribution < 1.29 is 21.6 Å². The fourth-order valence-electron chi connectivity index (χ4n) is 1.12. The summed E-state index contributed by atoms with van der Waals surface area (Å²) in [6, 6.07) is 2.61. The van der Waals surface area contributed by atoms with Gasteiger partial charge in [-0.3, -0.25) is 0 Å². The average molecular weight is 304 g/mol. The second-order valence-electron chi connectivity index (χ2n) is 2.88. The Labute approximate surface area is 104 Å². The fourth-order valence-corrected chi connectivity index (χ4v) is 2.99. The molecule has 0 saturated heterocycles. The molecule has 0 saturated carbocycles. The van der Waals surface area contributed by atoms with E-state index in [-0.39, 0.29) is 0 Å². The van der Waals surface area contributed by atoms with Crippen LogP contribution in [0.3, 0.4) is 0 Å². The van der Waals surface area contributed by atoms with Crippen LogP contribution in [0.5, 0.6) is 0 Å².